The van der Waals surface area contributed by atoms with Crippen LogP contribution in [0.3, 0.4) is 0 Å². The Hall–Kier alpha value is -1.55. The van der Waals surface area contributed by atoms with Crippen molar-refractivity contribution < 1.29 is 14.3 Å². The van der Waals surface area contributed by atoms with Crippen LogP contribution in [0.2, 0.25) is 0 Å². The van der Waals surface area contributed by atoms with Gasteiger partial charge >= 0.3 is 0 Å². The van der Waals surface area contributed by atoms with Gasteiger partial charge in [0.15, 0.2) is 0 Å². The standard InChI is InChI=1S/C14H19NO3/c1-17-12-7-4-8-13(18-2)14(12)11-6-3-5-10(9-16)15-11/h4,7-11,15H,3,5-6H2,1-2H3. The molecule has 0 amide bonds. The monoisotopic (exact) mass is 249 g/mol. The number of aldehydes is 1. The highest BCUT2D eigenvalue weighted by Gasteiger charge is 2.26. The molecule has 2 atom stereocenters. The Bertz CT molecular complexity index is 397. The Morgan fingerprint density at radius 1 is 1.22 bits per heavy atom. The maximum Gasteiger partial charge on any atom is 0.136 e. The van der Waals surface area contributed by atoms with Crippen LogP contribution in [-0.4, -0.2) is 26.5 Å². The molecule has 1 aliphatic heterocycles. The summed E-state index contributed by atoms with van der Waals surface area (Å²) in [6.07, 6.45) is 3.90. The number of rotatable bonds is 4. The predicted molar refractivity (Wildman–Crippen MR) is 69.1 cm³/mol. The van der Waals surface area contributed by atoms with Gasteiger partial charge in [-0.3, -0.25) is 0 Å². The number of nitrogens with one attached hydrogen (secondary N) is 1. The van der Waals surface area contributed by atoms with Crippen molar-refractivity contribution in [3.05, 3.63) is 23.8 Å². The topological polar surface area (TPSA) is 47.6 Å². The number of ether oxygens (including phenoxy) is 2. The summed E-state index contributed by atoms with van der Waals surface area (Å²) in [5.41, 5.74) is 1.01. The number of carbonyl (C=O) groups excluding carboxylic acids is 1. The molecule has 1 N–H and O–H groups in total. The molecule has 1 aliphatic rings. The summed E-state index contributed by atoms with van der Waals surface area (Å²) < 4.78 is 10.8. The summed E-state index contributed by atoms with van der Waals surface area (Å²) in [6, 6.07) is 5.79. The van der Waals surface area contributed by atoms with Crippen molar-refractivity contribution in [3.8, 4) is 11.5 Å². The van der Waals surface area contributed by atoms with Crippen LogP contribution in [0.15, 0.2) is 18.2 Å². The zero-order valence-electron chi connectivity index (χ0n) is 10.8. The summed E-state index contributed by atoms with van der Waals surface area (Å²) in [4.78, 5) is 10.9. The van der Waals surface area contributed by atoms with Crippen molar-refractivity contribution in [1.82, 2.24) is 5.32 Å². The average molecular weight is 249 g/mol. The molecule has 2 rings (SSSR count). The molecule has 1 aromatic rings. The molecule has 18 heavy (non-hydrogen) atoms. The fraction of sp³-hybridized carbons (Fsp3) is 0.500. The molecule has 4 heteroatoms. The summed E-state index contributed by atoms with van der Waals surface area (Å²) in [5, 5.41) is 3.34. The van der Waals surface area contributed by atoms with Crippen LogP contribution < -0.4 is 14.8 Å². The number of hydrogen-bond acceptors (Lipinski definition) is 4. The molecule has 0 saturated carbocycles. The minimum Gasteiger partial charge on any atom is -0.496 e. The minimum absolute atomic E-state index is 0.0710. The van der Waals surface area contributed by atoms with Crippen LogP contribution in [0.1, 0.15) is 30.9 Å². The molecule has 1 heterocycles. The molecule has 0 aliphatic carbocycles. The van der Waals surface area contributed by atoms with Gasteiger partial charge in [-0.05, 0) is 31.4 Å². The van der Waals surface area contributed by atoms with E-state index in [2.05, 4.69) is 5.32 Å². The van der Waals surface area contributed by atoms with Crippen LogP contribution in [0.4, 0.5) is 0 Å². The number of carbonyl (C=O) groups is 1. The van der Waals surface area contributed by atoms with Gasteiger partial charge in [0.2, 0.25) is 0 Å². The fourth-order valence-electron chi connectivity index (χ4n) is 2.53. The second-order valence-corrected chi connectivity index (χ2v) is 4.47. The number of hydrogen-bond donors (Lipinski definition) is 1. The lowest BCUT2D eigenvalue weighted by molar-refractivity contribution is -0.110. The molecule has 2 unspecified atom stereocenters. The highest BCUT2D eigenvalue weighted by atomic mass is 16.5. The first-order valence-electron chi connectivity index (χ1n) is 6.22. The van der Waals surface area contributed by atoms with E-state index in [1.807, 2.05) is 18.2 Å². The van der Waals surface area contributed by atoms with Gasteiger partial charge in [-0.25, -0.2) is 0 Å². The van der Waals surface area contributed by atoms with Gasteiger partial charge in [0.1, 0.15) is 17.8 Å². The predicted octanol–water partition coefficient (Wildman–Crippen LogP) is 2.09. The number of benzene rings is 1. The van der Waals surface area contributed by atoms with Crippen molar-refractivity contribution in [2.24, 2.45) is 0 Å². The molecule has 1 aromatic carbocycles. The van der Waals surface area contributed by atoms with Crippen molar-refractivity contribution in [2.45, 2.75) is 31.3 Å². The number of piperidine rings is 1. The zero-order chi connectivity index (χ0) is 13.0. The van der Waals surface area contributed by atoms with E-state index >= 15 is 0 Å². The van der Waals surface area contributed by atoms with E-state index in [1.54, 1.807) is 14.2 Å². The van der Waals surface area contributed by atoms with E-state index in [0.29, 0.717) is 0 Å². The second-order valence-electron chi connectivity index (χ2n) is 4.47. The van der Waals surface area contributed by atoms with Gasteiger partial charge in [0.05, 0.1) is 25.8 Å². The molecule has 0 aromatic heterocycles. The van der Waals surface area contributed by atoms with Crippen LogP contribution in [0.25, 0.3) is 0 Å². The van der Waals surface area contributed by atoms with Crippen LogP contribution in [0, 0.1) is 0 Å². The third-order valence-electron chi connectivity index (χ3n) is 3.40. The third kappa shape index (κ3) is 2.48. The first kappa shape index (κ1) is 12.9. The fourth-order valence-corrected chi connectivity index (χ4v) is 2.53. The van der Waals surface area contributed by atoms with Gasteiger partial charge in [-0.2, -0.15) is 0 Å². The van der Waals surface area contributed by atoms with E-state index < -0.39 is 0 Å². The summed E-state index contributed by atoms with van der Waals surface area (Å²) in [5.74, 6) is 1.61. The average Bonchev–Trinajstić information content (AvgIpc) is 2.46. The second kappa shape index (κ2) is 5.87. The number of methoxy groups -OCH3 is 2. The maximum absolute atomic E-state index is 10.9. The molecule has 0 bridgehead atoms. The molecular formula is C14H19NO3. The first-order valence-corrected chi connectivity index (χ1v) is 6.22. The minimum atomic E-state index is -0.0710. The zero-order valence-corrected chi connectivity index (χ0v) is 10.8. The first-order chi connectivity index (χ1) is 8.80. The molecule has 0 radical (unpaired) electrons. The SMILES string of the molecule is COc1cccc(OC)c1C1CCCC(C=O)N1. The largest absolute Gasteiger partial charge is 0.496 e. The molecule has 98 valence electrons. The van der Waals surface area contributed by atoms with Crippen molar-refractivity contribution in [2.75, 3.05) is 14.2 Å². The Labute approximate surface area is 107 Å². The third-order valence-corrected chi connectivity index (χ3v) is 3.40. The smallest absolute Gasteiger partial charge is 0.136 e. The quantitative estimate of drug-likeness (QED) is 0.830. The lowest BCUT2D eigenvalue weighted by Crippen LogP contribution is -2.38. The highest BCUT2D eigenvalue weighted by molar-refractivity contribution is 5.58. The molecule has 1 fully saturated rings. The van der Waals surface area contributed by atoms with Crippen LogP contribution >= 0.6 is 0 Å². The summed E-state index contributed by atoms with van der Waals surface area (Å²) >= 11 is 0. The van der Waals surface area contributed by atoms with Crippen molar-refractivity contribution >= 4 is 6.29 Å². The Balaban J connectivity index is 2.33. The summed E-state index contributed by atoms with van der Waals surface area (Å²) in [6.45, 7) is 0. The van der Waals surface area contributed by atoms with Crippen molar-refractivity contribution in [1.29, 1.82) is 0 Å². The van der Waals surface area contributed by atoms with E-state index in [0.717, 1.165) is 42.6 Å². The van der Waals surface area contributed by atoms with E-state index in [1.165, 1.54) is 0 Å². The molecule has 1 saturated heterocycles. The molecule has 4 nitrogen and oxygen atoms in total. The highest BCUT2D eigenvalue weighted by Crippen LogP contribution is 2.38. The van der Waals surface area contributed by atoms with Crippen LogP contribution in [-0.2, 0) is 4.79 Å². The lowest BCUT2D eigenvalue weighted by atomic mass is 9.92. The van der Waals surface area contributed by atoms with E-state index in [4.69, 9.17) is 9.47 Å². The van der Waals surface area contributed by atoms with Crippen molar-refractivity contribution in [3.63, 3.8) is 0 Å². The Morgan fingerprint density at radius 3 is 2.44 bits per heavy atom. The molecule has 0 spiro atoms. The van der Waals surface area contributed by atoms with Gasteiger partial charge in [0, 0.05) is 6.04 Å². The van der Waals surface area contributed by atoms with E-state index in [9.17, 15) is 4.79 Å². The van der Waals surface area contributed by atoms with Gasteiger partial charge in [-0.1, -0.05) is 6.07 Å². The van der Waals surface area contributed by atoms with Gasteiger partial charge in [-0.15, -0.1) is 0 Å². The Morgan fingerprint density at radius 2 is 1.89 bits per heavy atom. The molecular weight excluding hydrogens is 230 g/mol. The van der Waals surface area contributed by atoms with Crippen LogP contribution in [0.5, 0.6) is 11.5 Å². The Kier molecular flexibility index (Phi) is 4.20. The lowest BCUT2D eigenvalue weighted by Gasteiger charge is -2.30. The maximum atomic E-state index is 10.9. The van der Waals surface area contributed by atoms with E-state index in [-0.39, 0.29) is 12.1 Å². The normalized spacial score (nSPS) is 23.4. The summed E-state index contributed by atoms with van der Waals surface area (Å²) in [7, 11) is 3.30. The van der Waals surface area contributed by atoms with Gasteiger partial charge < -0.3 is 19.6 Å². The van der Waals surface area contributed by atoms with Gasteiger partial charge in [0.25, 0.3) is 0 Å².